The Labute approximate surface area is 149 Å². The van der Waals surface area contributed by atoms with E-state index in [1.165, 1.54) is 24.3 Å². The number of aryl methyl sites for hydroxylation is 2. The van der Waals surface area contributed by atoms with Gasteiger partial charge in [0.05, 0.1) is 0 Å². The molecule has 0 aliphatic heterocycles. The van der Waals surface area contributed by atoms with Crippen molar-refractivity contribution in [2.24, 2.45) is 0 Å². The fraction of sp³-hybridized carbons (Fsp3) is 0.158. The SMILES string of the molecule is Cc1cc(C)cc(OCC(=O)NNC(=O)c2cc3cc(F)ccc3[nH]2)c1. The van der Waals surface area contributed by atoms with E-state index in [-0.39, 0.29) is 18.1 Å². The quantitative estimate of drug-likeness (QED) is 0.629. The van der Waals surface area contributed by atoms with Crippen LogP contribution in [0.2, 0.25) is 0 Å². The molecule has 0 saturated heterocycles. The largest absolute Gasteiger partial charge is 0.484 e. The molecule has 0 unspecified atom stereocenters. The molecule has 0 fully saturated rings. The number of hydrazine groups is 1. The molecule has 0 atom stereocenters. The molecule has 2 aromatic carbocycles. The second-order valence-corrected chi connectivity index (χ2v) is 6.03. The van der Waals surface area contributed by atoms with Crippen LogP contribution in [-0.2, 0) is 4.79 Å². The number of fused-ring (bicyclic) bond motifs is 1. The standard InChI is InChI=1S/C19H18FN3O3/c1-11-5-12(2)7-15(6-11)26-10-18(24)22-23-19(25)17-9-13-8-14(20)3-4-16(13)21-17/h3-9,21H,10H2,1-2H3,(H,22,24)(H,23,25). The number of aromatic amines is 1. The van der Waals surface area contributed by atoms with Gasteiger partial charge in [-0.05, 0) is 61.4 Å². The summed E-state index contributed by atoms with van der Waals surface area (Å²) in [5, 5.41) is 0.569. The van der Waals surface area contributed by atoms with Crippen molar-refractivity contribution in [1.82, 2.24) is 15.8 Å². The lowest BCUT2D eigenvalue weighted by molar-refractivity contribution is -0.123. The minimum Gasteiger partial charge on any atom is -0.484 e. The molecule has 3 rings (SSSR count). The molecule has 0 radical (unpaired) electrons. The minimum atomic E-state index is -0.540. The lowest BCUT2D eigenvalue weighted by Crippen LogP contribution is -2.43. The van der Waals surface area contributed by atoms with Crippen LogP contribution in [0.1, 0.15) is 21.6 Å². The highest BCUT2D eigenvalue weighted by Gasteiger charge is 2.11. The van der Waals surface area contributed by atoms with E-state index >= 15 is 0 Å². The summed E-state index contributed by atoms with van der Waals surface area (Å²) < 4.78 is 18.6. The number of carbonyl (C=O) groups is 2. The second-order valence-electron chi connectivity index (χ2n) is 6.03. The number of hydrogen-bond donors (Lipinski definition) is 3. The maximum atomic E-state index is 13.2. The molecule has 3 N–H and O–H groups in total. The smallest absolute Gasteiger partial charge is 0.286 e. The number of halogens is 1. The highest BCUT2D eigenvalue weighted by atomic mass is 19.1. The summed E-state index contributed by atoms with van der Waals surface area (Å²) in [7, 11) is 0. The van der Waals surface area contributed by atoms with Crippen LogP contribution < -0.4 is 15.6 Å². The Hall–Kier alpha value is -3.35. The summed E-state index contributed by atoms with van der Waals surface area (Å²) in [5.74, 6) is -0.845. The molecule has 6 nitrogen and oxygen atoms in total. The summed E-state index contributed by atoms with van der Waals surface area (Å²) >= 11 is 0. The zero-order chi connectivity index (χ0) is 18.7. The van der Waals surface area contributed by atoms with E-state index in [4.69, 9.17) is 4.74 Å². The fourth-order valence-electron chi connectivity index (χ4n) is 2.62. The molecule has 7 heteroatoms. The van der Waals surface area contributed by atoms with Crippen LogP contribution in [-0.4, -0.2) is 23.4 Å². The van der Waals surface area contributed by atoms with Crippen LogP contribution in [0.25, 0.3) is 10.9 Å². The fourth-order valence-corrected chi connectivity index (χ4v) is 2.62. The molecule has 1 aromatic heterocycles. The molecule has 134 valence electrons. The van der Waals surface area contributed by atoms with Gasteiger partial charge in [-0.15, -0.1) is 0 Å². The summed E-state index contributed by atoms with van der Waals surface area (Å²) in [5.41, 5.74) is 7.47. The summed E-state index contributed by atoms with van der Waals surface area (Å²) in [4.78, 5) is 26.8. The van der Waals surface area contributed by atoms with Gasteiger partial charge >= 0.3 is 0 Å². The predicted octanol–water partition coefficient (Wildman–Crippen LogP) is 2.76. The van der Waals surface area contributed by atoms with Gasteiger partial charge in [-0.2, -0.15) is 0 Å². The zero-order valence-corrected chi connectivity index (χ0v) is 14.4. The molecular weight excluding hydrogens is 337 g/mol. The molecule has 0 aliphatic rings. The van der Waals surface area contributed by atoms with E-state index in [1.54, 1.807) is 0 Å². The van der Waals surface area contributed by atoms with Crippen molar-refractivity contribution in [3.05, 3.63) is 65.1 Å². The molecule has 3 aromatic rings. The predicted molar refractivity (Wildman–Crippen MR) is 95.3 cm³/mol. The van der Waals surface area contributed by atoms with Gasteiger partial charge in [0.1, 0.15) is 17.3 Å². The van der Waals surface area contributed by atoms with E-state index in [9.17, 15) is 14.0 Å². The first-order valence-corrected chi connectivity index (χ1v) is 7.99. The Balaban J connectivity index is 1.53. The van der Waals surface area contributed by atoms with Gasteiger partial charge in [-0.3, -0.25) is 20.4 Å². The van der Waals surface area contributed by atoms with Crippen LogP contribution in [0.15, 0.2) is 42.5 Å². The molecule has 0 aliphatic carbocycles. The molecule has 2 amide bonds. The summed E-state index contributed by atoms with van der Waals surface area (Å²) in [6.45, 7) is 3.64. The average Bonchev–Trinajstić information content (AvgIpc) is 3.00. The number of nitrogens with one attached hydrogen (secondary N) is 3. The molecule has 26 heavy (non-hydrogen) atoms. The lowest BCUT2D eigenvalue weighted by Gasteiger charge is -2.09. The van der Waals surface area contributed by atoms with Gasteiger partial charge in [-0.1, -0.05) is 6.07 Å². The van der Waals surface area contributed by atoms with Crippen molar-refractivity contribution in [3.63, 3.8) is 0 Å². The molecular formula is C19H18FN3O3. The van der Waals surface area contributed by atoms with Gasteiger partial charge < -0.3 is 9.72 Å². The number of aromatic nitrogens is 1. The maximum absolute atomic E-state index is 13.2. The maximum Gasteiger partial charge on any atom is 0.286 e. The molecule has 0 spiro atoms. The number of rotatable bonds is 4. The lowest BCUT2D eigenvalue weighted by atomic mass is 10.1. The summed E-state index contributed by atoms with van der Waals surface area (Å²) in [6, 6.07) is 11.3. The number of hydrogen-bond acceptors (Lipinski definition) is 3. The van der Waals surface area contributed by atoms with Gasteiger partial charge in [-0.25, -0.2) is 4.39 Å². The van der Waals surface area contributed by atoms with Crippen LogP contribution >= 0.6 is 0 Å². The third-order valence-electron chi connectivity index (χ3n) is 3.71. The van der Waals surface area contributed by atoms with Crippen molar-refractivity contribution >= 4 is 22.7 Å². The number of H-pyrrole nitrogens is 1. The molecule has 1 heterocycles. The first-order chi connectivity index (χ1) is 12.4. The van der Waals surface area contributed by atoms with Crippen molar-refractivity contribution in [2.75, 3.05) is 6.61 Å². The number of amides is 2. The van der Waals surface area contributed by atoms with Crippen LogP contribution in [0.4, 0.5) is 4.39 Å². The van der Waals surface area contributed by atoms with Crippen molar-refractivity contribution in [3.8, 4) is 5.75 Å². The highest BCUT2D eigenvalue weighted by Crippen LogP contribution is 2.17. The van der Waals surface area contributed by atoms with Crippen LogP contribution in [0.5, 0.6) is 5.75 Å². The average molecular weight is 355 g/mol. The van der Waals surface area contributed by atoms with Crippen molar-refractivity contribution in [2.45, 2.75) is 13.8 Å². The molecule has 0 saturated carbocycles. The number of carbonyl (C=O) groups excluding carboxylic acids is 2. The Morgan fingerprint density at radius 2 is 1.77 bits per heavy atom. The van der Waals surface area contributed by atoms with Gasteiger partial charge in [0.25, 0.3) is 11.8 Å². The molecule has 0 bridgehead atoms. The van der Waals surface area contributed by atoms with E-state index in [0.29, 0.717) is 16.7 Å². The van der Waals surface area contributed by atoms with Crippen molar-refractivity contribution in [1.29, 1.82) is 0 Å². The second kappa shape index (κ2) is 7.26. The Kier molecular flexibility index (Phi) is 4.88. The Bertz CT molecular complexity index is 961. The van der Waals surface area contributed by atoms with E-state index in [2.05, 4.69) is 15.8 Å². The third kappa shape index (κ3) is 4.18. The monoisotopic (exact) mass is 355 g/mol. The highest BCUT2D eigenvalue weighted by molar-refractivity contribution is 5.98. The normalized spacial score (nSPS) is 10.6. The number of benzene rings is 2. The van der Waals surface area contributed by atoms with Crippen molar-refractivity contribution < 1.29 is 18.7 Å². The van der Waals surface area contributed by atoms with E-state index in [0.717, 1.165) is 11.1 Å². The van der Waals surface area contributed by atoms with E-state index in [1.807, 2.05) is 32.0 Å². The first kappa shape index (κ1) is 17.5. The van der Waals surface area contributed by atoms with E-state index < -0.39 is 11.8 Å². The number of ether oxygens (including phenoxy) is 1. The first-order valence-electron chi connectivity index (χ1n) is 7.99. The summed E-state index contributed by atoms with van der Waals surface area (Å²) in [6.07, 6.45) is 0. The van der Waals surface area contributed by atoms with Crippen LogP contribution in [0.3, 0.4) is 0 Å². The van der Waals surface area contributed by atoms with Crippen LogP contribution in [0, 0.1) is 19.7 Å². The zero-order valence-electron chi connectivity index (χ0n) is 14.4. The Morgan fingerprint density at radius 1 is 1.04 bits per heavy atom. The topological polar surface area (TPSA) is 83.2 Å². The third-order valence-corrected chi connectivity index (χ3v) is 3.71. The minimum absolute atomic E-state index is 0.209. The van der Waals surface area contributed by atoms with Gasteiger partial charge in [0.2, 0.25) is 0 Å². The Morgan fingerprint density at radius 3 is 2.50 bits per heavy atom. The van der Waals surface area contributed by atoms with Gasteiger partial charge in [0, 0.05) is 10.9 Å². The van der Waals surface area contributed by atoms with Gasteiger partial charge in [0.15, 0.2) is 6.61 Å².